The van der Waals surface area contributed by atoms with Crippen molar-refractivity contribution in [3.05, 3.63) is 71.9 Å². The highest BCUT2D eigenvalue weighted by molar-refractivity contribution is 5.98. The zero-order chi connectivity index (χ0) is 23.2. The molecule has 1 amide bonds. The molecule has 0 unspecified atom stereocenters. The third-order valence-electron chi connectivity index (χ3n) is 6.81. The van der Waals surface area contributed by atoms with Gasteiger partial charge in [0.25, 0.3) is 5.91 Å². The molecule has 3 fully saturated rings. The van der Waals surface area contributed by atoms with Crippen molar-refractivity contribution >= 4 is 22.8 Å². The Morgan fingerprint density at radius 1 is 1.03 bits per heavy atom. The van der Waals surface area contributed by atoms with E-state index in [2.05, 4.69) is 25.1 Å². The number of hydrogen-bond donors (Lipinski definition) is 0. The predicted octanol–water partition coefficient (Wildman–Crippen LogP) is 3.40. The molecule has 172 valence electrons. The van der Waals surface area contributed by atoms with Gasteiger partial charge in [-0.15, -0.1) is 0 Å². The Kier molecular flexibility index (Phi) is 4.97. The summed E-state index contributed by atoms with van der Waals surface area (Å²) >= 11 is 0. The van der Waals surface area contributed by atoms with E-state index in [0.717, 1.165) is 30.3 Å². The van der Waals surface area contributed by atoms with Crippen LogP contribution in [0.4, 0.5) is 10.3 Å². The summed E-state index contributed by atoms with van der Waals surface area (Å²) in [5.74, 6) is 0.575. The zero-order valence-electron chi connectivity index (χ0n) is 18.8. The number of carbonyl (C=O) groups is 1. The highest BCUT2D eigenvalue weighted by Crippen LogP contribution is 2.32. The quantitative estimate of drug-likeness (QED) is 0.469. The van der Waals surface area contributed by atoms with Crippen LogP contribution in [0.3, 0.4) is 0 Å². The van der Waals surface area contributed by atoms with Crippen molar-refractivity contribution in [2.45, 2.75) is 25.8 Å². The number of piperidine rings is 1. The minimum atomic E-state index is -0.314. The number of amides is 1. The Balaban J connectivity index is 1.31. The van der Waals surface area contributed by atoms with Gasteiger partial charge in [-0.3, -0.25) is 4.79 Å². The van der Waals surface area contributed by atoms with Crippen molar-refractivity contribution in [1.29, 1.82) is 0 Å². The fraction of sp³-hybridized carbons (Fsp3) is 0.320. The molecule has 2 aromatic carbocycles. The number of fused-ring (bicyclic) bond motifs is 5. The molecular weight excluding hydrogens is 433 g/mol. The molecule has 3 aliphatic rings. The second-order valence-electron chi connectivity index (χ2n) is 9.17. The fourth-order valence-corrected chi connectivity index (χ4v) is 5.12. The molecule has 0 aliphatic carbocycles. The fourth-order valence-electron chi connectivity index (χ4n) is 5.12. The van der Waals surface area contributed by atoms with Crippen molar-refractivity contribution in [3.63, 3.8) is 0 Å². The van der Waals surface area contributed by atoms with E-state index in [-0.39, 0.29) is 17.8 Å². The number of aryl methyl sites for hydroxylation is 1. The molecule has 8 nitrogen and oxygen atoms in total. The number of hydrogen-bond acceptors (Lipinski definition) is 6. The van der Waals surface area contributed by atoms with Crippen LogP contribution >= 0.6 is 0 Å². The molecule has 9 heteroatoms. The SMILES string of the molecule is Cc1ccc(-n2nccn2)c(C(=O)N2C[C@H]3CC[C@@H]2CN(c2ncc4ccc(F)cc4n2)C3)c1. The Labute approximate surface area is 196 Å². The summed E-state index contributed by atoms with van der Waals surface area (Å²) in [6.07, 6.45) is 6.93. The minimum Gasteiger partial charge on any atom is -0.338 e. The van der Waals surface area contributed by atoms with Crippen molar-refractivity contribution in [2.75, 3.05) is 24.5 Å². The summed E-state index contributed by atoms with van der Waals surface area (Å²) in [6, 6.07) is 10.4. The summed E-state index contributed by atoms with van der Waals surface area (Å²) in [7, 11) is 0. The predicted molar refractivity (Wildman–Crippen MR) is 125 cm³/mol. The lowest BCUT2D eigenvalue weighted by Crippen LogP contribution is -2.47. The maximum absolute atomic E-state index is 13.8. The van der Waals surface area contributed by atoms with E-state index in [9.17, 15) is 9.18 Å². The average molecular weight is 458 g/mol. The van der Waals surface area contributed by atoms with Gasteiger partial charge in [0, 0.05) is 43.3 Å². The largest absolute Gasteiger partial charge is 0.338 e. The summed E-state index contributed by atoms with van der Waals surface area (Å²) in [5, 5.41) is 9.28. The molecule has 0 spiro atoms. The van der Waals surface area contributed by atoms with Gasteiger partial charge in [0.05, 0.1) is 29.2 Å². The van der Waals surface area contributed by atoms with E-state index in [1.54, 1.807) is 24.7 Å². The molecule has 3 saturated heterocycles. The molecule has 5 heterocycles. The first-order valence-electron chi connectivity index (χ1n) is 11.5. The molecule has 2 atom stereocenters. The van der Waals surface area contributed by atoms with Crippen LogP contribution in [0.15, 0.2) is 55.0 Å². The normalized spacial score (nSPS) is 20.1. The van der Waals surface area contributed by atoms with Gasteiger partial charge in [-0.05, 0) is 49.9 Å². The zero-order valence-corrected chi connectivity index (χ0v) is 18.8. The second-order valence-corrected chi connectivity index (χ2v) is 9.17. The van der Waals surface area contributed by atoms with Crippen LogP contribution in [0, 0.1) is 18.7 Å². The third-order valence-corrected chi connectivity index (χ3v) is 6.81. The van der Waals surface area contributed by atoms with Gasteiger partial charge in [-0.2, -0.15) is 15.0 Å². The van der Waals surface area contributed by atoms with E-state index < -0.39 is 0 Å². The molecule has 7 rings (SSSR count). The molecule has 3 aliphatic heterocycles. The molecule has 34 heavy (non-hydrogen) atoms. The van der Waals surface area contributed by atoms with Crippen molar-refractivity contribution < 1.29 is 9.18 Å². The first kappa shape index (κ1) is 20.7. The minimum absolute atomic E-state index is 0.00551. The molecule has 2 aromatic heterocycles. The maximum atomic E-state index is 13.8. The number of carbonyl (C=O) groups excluding carboxylic acids is 1. The lowest BCUT2D eigenvalue weighted by molar-refractivity contribution is 0.0591. The number of nitrogens with zero attached hydrogens (tertiary/aromatic N) is 7. The van der Waals surface area contributed by atoms with Gasteiger partial charge in [0.2, 0.25) is 5.95 Å². The Morgan fingerprint density at radius 3 is 2.74 bits per heavy atom. The van der Waals surface area contributed by atoms with Crippen molar-refractivity contribution in [1.82, 2.24) is 29.9 Å². The number of halogens is 1. The third kappa shape index (κ3) is 3.67. The van der Waals surface area contributed by atoms with Crippen LogP contribution in [0.2, 0.25) is 0 Å². The number of anilines is 1. The van der Waals surface area contributed by atoms with E-state index in [4.69, 9.17) is 0 Å². The monoisotopic (exact) mass is 457 g/mol. The Hall–Kier alpha value is -3.88. The number of benzene rings is 2. The number of aromatic nitrogens is 5. The molecule has 4 aromatic rings. The highest BCUT2D eigenvalue weighted by Gasteiger charge is 2.39. The van der Waals surface area contributed by atoms with Gasteiger partial charge in [0.1, 0.15) is 5.82 Å². The van der Waals surface area contributed by atoms with Gasteiger partial charge in [0.15, 0.2) is 0 Å². The van der Waals surface area contributed by atoms with Crippen LogP contribution in [0.5, 0.6) is 0 Å². The first-order valence-corrected chi connectivity index (χ1v) is 11.5. The van der Waals surface area contributed by atoms with Gasteiger partial charge >= 0.3 is 0 Å². The highest BCUT2D eigenvalue weighted by atomic mass is 19.1. The van der Waals surface area contributed by atoms with Gasteiger partial charge < -0.3 is 9.80 Å². The summed E-state index contributed by atoms with van der Waals surface area (Å²) in [6.45, 7) is 4.07. The maximum Gasteiger partial charge on any atom is 0.256 e. The summed E-state index contributed by atoms with van der Waals surface area (Å²) in [5.41, 5.74) is 2.88. The Morgan fingerprint density at radius 2 is 1.88 bits per heavy atom. The lowest BCUT2D eigenvalue weighted by Gasteiger charge is -2.36. The van der Waals surface area contributed by atoms with Crippen LogP contribution in [-0.2, 0) is 0 Å². The Bertz CT molecular complexity index is 1370. The molecular formula is C25H24FN7O. The summed E-state index contributed by atoms with van der Waals surface area (Å²) < 4.78 is 13.7. The van der Waals surface area contributed by atoms with Gasteiger partial charge in [-0.25, -0.2) is 14.4 Å². The molecule has 0 radical (unpaired) electrons. The first-order chi connectivity index (χ1) is 16.5. The smallest absolute Gasteiger partial charge is 0.256 e. The van der Waals surface area contributed by atoms with E-state index in [1.165, 1.54) is 16.9 Å². The molecule has 2 bridgehead atoms. The lowest BCUT2D eigenvalue weighted by atomic mass is 9.94. The second kappa shape index (κ2) is 8.16. The summed E-state index contributed by atoms with van der Waals surface area (Å²) in [4.78, 5) is 28.7. The standard InChI is InChI=1S/C25H24FN7O/c1-16-2-7-23(33-28-8-9-29-33)21(10-16)24(34)32-14-17-3-6-20(32)15-31(13-17)25-27-12-18-4-5-19(26)11-22(18)30-25/h2,4-5,7-12,17,20H,3,6,13-15H2,1H3/t17-,20+/m0/s1. The van der Waals surface area contributed by atoms with E-state index in [0.29, 0.717) is 41.7 Å². The van der Waals surface area contributed by atoms with Crippen LogP contribution in [-0.4, -0.2) is 61.4 Å². The van der Waals surface area contributed by atoms with Crippen LogP contribution in [0.1, 0.15) is 28.8 Å². The number of rotatable bonds is 3. The molecule has 0 N–H and O–H groups in total. The van der Waals surface area contributed by atoms with Crippen molar-refractivity contribution in [2.24, 2.45) is 5.92 Å². The average Bonchev–Trinajstić information content (AvgIpc) is 3.22. The van der Waals surface area contributed by atoms with E-state index >= 15 is 0 Å². The van der Waals surface area contributed by atoms with Crippen LogP contribution in [0.25, 0.3) is 16.6 Å². The van der Waals surface area contributed by atoms with Crippen molar-refractivity contribution in [3.8, 4) is 5.69 Å². The van der Waals surface area contributed by atoms with Crippen LogP contribution < -0.4 is 4.90 Å². The van der Waals surface area contributed by atoms with E-state index in [1.807, 2.05) is 30.0 Å². The van der Waals surface area contributed by atoms with Gasteiger partial charge in [-0.1, -0.05) is 11.6 Å². The topological polar surface area (TPSA) is 80.0 Å². The molecule has 0 saturated carbocycles.